The minimum atomic E-state index is -1.50. The highest BCUT2D eigenvalue weighted by molar-refractivity contribution is 5.35. The van der Waals surface area contributed by atoms with Crippen LogP contribution in [0.15, 0.2) is 62.9 Å². The Labute approximate surface area is 274 Å². The summed E-state index contributed by atoms with van der Waals surface area (Å²) < 4.78 is 10.9. The van der Waals surface area contributed by atoms with E-state index in [0.29, 0.717) is 11.8 Å². The van der Waals surface area contributed by atoms with Gasteiger partial charge < -0.3 is 39.8 Å². The van der Waals surface area contributed by atoms with E-state index in [-0.39, 0.29) is 29.6 Å². The summed E-state index contributed by atoms with van der Waals surface area (Å²) in [6, 6.07) is 1.19. The molecule has 0 aliphatic carbocycles. The Bertz CT molecular complexity index is 1260. The highest BCUT2D eigenvalue weighted by Crippen LogP contribution is 2.36. The first-order valence-electron chi connectivity index (χ1n) is 16.7. The van der Waals surface area contributed by atoms with E-state index in [0.717, 1.165) is 12.0 Å². The van der Waals surface area contributed by atoms with Crippen molar-refractivity contribution < 1.29 is 39.8 Å². The highest BCUT2D eigenvalue weighted by atomic mass is 16.5. The zero-order chi connectivity index (χ0) is 34.7. The molecule has 1 aromatic heterocycles. The first-order valence-corrected chi connectivity index (χ1v) is 16.7. The zero-order valence-corrected chi connectivity index (χ0v) is 28.8. The lowest BCUT2D eigenvalue weighted by Crippen LogP contribution is -2.45. The molecule has 46 heavy (non-hydrogen) atoms. The monoisotopic (exact) mass is 646 g/mol. The van der Waals surface area contributed by atoms with Crippen LogP contribution in [0.25, 0.3) is 0 Å². The molecule has 1 aliphatic heterocycles. The normalized spacial score (nSPS) is 26.2. The molecular formula is C37H58O9. The van der Waals surface area contributed by atoms with Crippen LogP contribution in [0.2, 0.25) is 0 Å². The molecule has 0 amide bonds. The second-order valence-corrected chi connectivity index (χ2v) is 13.5. The largest absolute Gasteiger partial charge is 0.507 e. The molecule has 2 heterocycles. The van der Waals surface area contributed by atoms with Gasteiger partial charge in [0, 0.05) is 24.3 Å². The molecule has 9 heteroatoms. The van der Waals surface area contributed by atoms with Gasteiger partial charge in [-0.2, -0.15) is 0 Å². The van der Waals surface area contributed by atoms with Crippen LogP contribution >= 0.6 is 0 Å². The van der Waals surface area contributed by atoms with Gasteiger partial charge in [0.15, 0.2) is 0 Å². The SMILES string of the molecule is CC[C@H](C)C[C@@H](C)/C=C(C)/C=C/C[C@@H](C)[C@H](O)[C@@H](C)/C=C(C)/C=C/[C@@H](O)[C@@H](C)c1cc(O)c([C@H]2O[C@H](CO)C[C@H](O)[C@@H]2O)c(=O)o1. The van der Waals surface area contributed by atoms with Crippen LogP contribution in [0.4, 0.5) is 0 Å². The number of hydrogen-bond donors (Lipinski definition) is 6. The molecule has 0 spiro atoms. The van der Waals surface area contributed by atoms with Crippen molar-refractivity contribution in [3.05, 3.63) is 75.4 Å². The second kappa shape index (κ2) is 18.7. The van der Waals surface area contributed by atoms with E-state index in [2.05, 4.69) is 45.9 Å². The Balaban J connectivity index is 2.01. The summed E-state index contributed by atoms with van der Waals surface area (Å²) in [6.07, 6.45) is 8.32. The average molecular weight is 647 g/mol. The smallest absolute Gasteiger partial charge is 0.345 e. The number of aliphatic hydroxyl groups is 5. The number of allylic oxidation sites excluding steroid dienone is 6. The van der Waals surface area contributed by atoms with Gasteiger partial charge in [-0.3, -0.25) is 0 Å². The van der Waals surface area contributed by atoms with E-state index in [4.69, 9.17) is 9.15 Å². The molecule has 1 aliphatic rings. The molecule has 6 N–H and O–H groups in total. The number of aromatic hydroxyl groups is 1. The van der Waals surface area contributed by atoms with Crippen molar-refractivity contribution >= 4 is 0 Å². The average Bonchev–Trinajstić information content (AvgIpc) is 3.00. The fraction of sp³-hybridized carbons (Fsp3) is 0.649. The Kier molecular flexibility index (Phi) is 16.1. The van der Waals surface area contributed by atoms with Crippen LogP contribution in [-0.2, 0) is 4.74 Å². The maximum absolute atomic E-state index is 12.8. The maximum Gasteiger partial charge on any atom is 0.345 e. The summed E-state index contributed by atoms with van der Waals surface area (Å²) in [5.74, 6) is -0.0276. The van der Waals surface area contributed by atoms with Crippen LogP contribution in [-0.4, -0.2) is 67.8 Å². The van der Waals surface area contributed by atoms with E-state index < -0.39 is 60.5 Å². The Morgan fingerprint density at radius 2 is 1.70 bits per heavy atom. The minimum Gasteiger partial charge on any atom is -0.507 e. The van der Waals surface area contributed by atoms with Crippen LogP contribution in [0.3, 0.4) is 0 Å². The molecular weight excluding hydrogens is 588 g/mol. The van der Waals surface area contributed by atoms with Crippen molar-refractivity contribution in [1.29, 1.82) is 0 Å². The van der Waals surface area contributed by atoms with Gasteiger partial charge in [-0.1, -0.05) is 95.6 Å². The topological polar surface area (TPSA) is 161 Å². The molecule has 2 rings (SSSR count). The summed E-state index contributed by atoms with van der Waals surface area (Å²) in [5, 5.41) is 62.3. The zero-order valence-electron chi connectivity index (χ0n) is 28.8. The van der Waals surface area contributed by atoms with Crippen molar-refractivity contribution in [2.45, 2.75) is 124 Å². The number of ether oxygens (including phenoxy) is 1. The number of rotatable bonds is 16. The van der Waals surface area contributed by atoms with Gasteiger partial charge in [0.05, 0.1) is 31.0 Å². The van der Waals surface area contributed by atoms with Crippen molar-refractivity contribution in [3.8, 4) is 5.75 Å². The lowest BCUT2D eigenvalue weighted by atomic mass is 9.89. The molecule has 9 nitrogen and oxygen atoms in total. The lowest BCUT2D eigenvalue weighted by molar-refractivity contribution is -0.180. The first-order chi connectivity index (χ1) is 21.6. The van der Waals surface area contributed by atoms with Gasteiger partial charge in [-0.25, -0.2) is 4.79 Å². The van der Waals surface area contributed by atoms with E-state index in [9.17, 15) is 35.4 Å². The molecule has 1 aromatic rings. The summed E-state index contributed by atoms with van der Waals surface area (Å²) in [5.41, 5.74) is 0.741. The van der Waals surface area contributed by atoms with Gasteiger partial charge in [0.25, 0.3) is 0 Å². The van der Waals surface area contributed by atoms with Crippen LogP contribution in [0.5, 0.6) is 5.75 Å². The third-order valence-electron chi connectivity index (χ3n) is 9.09. The van der Waals surface area contributed by atoms with Gasteiger partial charge in [-0.05, 0) is 44.4 Å². The summed E-state index contributed by atoms with van der Waals surface area (Å²) in [7, 11) is 0. The predicted octanol–water partition coefficient (Wildman–Crippen LogP) is 5.45. The van der Waals surface area contributed by atoms with Crippen LogP contribution in [0.1, 0.15) is 104 Å². The third-order valence-corrected chi connectivity index (χ3v) is 9.09. The standard InChI is InChI=1S/C37H58O9/c1-9-21(2)15-24(5)16-22(3)11-10-12-25(6)34(42)26(7)17-23(4)13-14-29(39)27(8)32-19-30(40)33(37(44)46-32)36-35(43)31(41)18-28(20-38)45-36/h10-11,13-14,16-17,19,21,24-29,31,34-36,38-43H,9,12,15,18,20H2,1-8H3/b11-10+,14-13+,22-16+,23-17+/t21-,24+,25+,26-,27+,28-,29+,31-,34-,35-,36+/m0/s1. The molecule has 11 atom stereocenters. The Hall–Kier alpha value is -2.53. The maximum atomic E-state index is 12.8. The van der Waals surface area contributed by atoms with Gasteiger partial charge >= 0.3 is 5.63 Å². The Morgan fingerprint density at radius 1 is 1.04 bits per heavy atom. The van der Waals surface area contributed by atoms with E-state index in [1.54, 1.807) is 19.1 Å². The fourth-order valence-corrected chi connectivity index (χ4v) is 5.96. The molecule has 1 saturated heterocycles. The van der Waals surface area contributed by atoms with Crippen molar-refractivity contribution in [2.75, 3.05) is 6.61 Å². The van der Waals surface area contributed by atoms with Gasteiger partial charge in [0.2, 0.25) is 0 Å². The summed E-state index contributed by atoms with van der Waals surface area (Å²) >= 11 is 0. The van der Waals surface area contributed by atoms with Crippen LogP contribution in [0, 0.1) is 23.7 Å². The van der Waals surface area contributed by atoms with Crippen LogP contribution < -0.4 is 5.63 Å². The predicted molar refractivity (Wildman–Crippen MR) is 180 cm³/mol. The first kappa shape index (κ1) is 39.6. The van der Waals surface area contributed by atoms with E-state index in [1.165, 1.54) is 24.5 Å². The summed E-state index contributed by atoms with van der Waals surface area (Å²) in [4.78, 5) is 12.8. The summed E-state index contributed by atoms with van der Waals surface area (Å²) in [6.45, 7) is 15.9. The number of hydrogen-bond acceptors (Lipinski definition) is 9. The highest BCUT2D eigenvalue weighted by Gasteiger charge is 2.40. The lowest BCUT2D eigenvalue weighted by Gasteiger charge is -2.36. The molecule has 0 unspecified atom stereocenters. The van der Waals surface area contributed by atoms with Crippen molar-refractivity contribution in [1.82, 2.24) is 0 Å². The van der Waals surface area contributed by atoms with Gasteiger partial charge in [0.1, 0.15) is 29.3 Å². The van der Waals surface area contributed by atoms with Crippen molar-refractivity contribution in [3.63, 3.8) is 0 Å². The van der Waals surface area contributed by atoms with E-state index >= 15 is 0 Å². The van der Waals surface area contributed by atoms with Gasteiger partial charge in [-0.15, -0.1) is 0 Å². The molecule has 260 valence electrons. The third kappa shape index (κ3) is 11.6. The number of aliphatic hydroxyl groups excluding tert-OH is 5. The fourth-order valence-electron chi connectivity index (χ4n) is 5.96. The molecule has 1 fully saturated rings. The Morgan fingerprint density at radius 3 is 2.30 bits per heavy atom. The molecule has 0 radical (unpaired) electrons. The minimum absolute atomic E-state index is 0.0221. The molecule has 0 saturated carbocycles. The van der Waals surface area contributed by atoms with E-state index in [1.807, 2.05) is 26.8 Å². The second-order valence-electron chi connectivity index (χ2n) is 13.5. The molecule has 0 aromatic carbocycles. The molecule has 0 bridgehead atoms. The quantitative estimate of drug-likeness (QED) is 0.128. The van der Waals surface area contributed by atoms with Crippen molar-refractivity contribution in [2.24, 2.45) is 23.7 Å².